The molecule has 0 radical (unpaired) electrons. The lowest BCUT2D eigenvalue weighted by atomic mass is 10.1. The highest BCUT2D eigenvalue weighted by molar-refractivity contribution is 6.32. The molecule has 16 heavy (non-hydrogen) atoms. The van der Waals surface area contributed by atoms with E-state index in [1.54, 1.807) is 0 Å². The summed E-state index contributed by atoms with van der Waals surface area (Å²) >= 11 is 5.77. The van der Waals surface area contributed by atoms with Crippen LogP contribution >= 0.6 is 11.6 Å². The lowest BCUT2D eigenvalue weighted by Gasteiger charge is -2.16. The maximum atomic E-state index is 9.66. The van der Waals surface area contributed by atoms with Crippen molar-refractivity contribution in [2.75, 3.05) is 17.6 Å². The molecular weight excluding hydrogens is 228 g/mol. The van der Waals surface area contributed by atoms with Crippen LogP contribution in [-0.4, -0.2) is 27.7 Å². The van der Waals surface area contributed by atoms with E-state index in [1.807, 2.05) is 0 Å². The van der Waals surface area contributed by atoms with Crippen LogP contribution in [-0.2, 0) is 0 Å². The second-order valence-corrected chi connectivity index (χ2v) is 4.42. The van der Waals surface area contributed by atoms with Crippen LogP contribution in [0.25, 0.3) is 0 Å². The zero-order chi connectivity index (χ0) is 11.5. The van der Waals surface area contributed by atoms with E-state index in [1.165, 1.54) is 6.33 Å². The van der Waals surface area contributed by atoms with Gasteiger partial charge in [0.2, 0.25) is 0 Å². The largest absolute Gasteiger partial charge is 0.393 e. The number of nitrogens with zero attached hydrogens (tertiary/aromatic N) is 2. The number of anilines is 2. The SMILES string of the molecule is Nc1c(Cl)ncnc1NCC1CCCC1O. The maximum Gasteiger partial charge on any atom is 0.157 e. The molecule has 0 aromatic carbocycles. The molecule has 0 aliphatic heterocycles. The molecule has 0 bridgehead atoms. The van der Waals surface area contributed by atoms with Crippen molar-refractivity contribution in [1.29, 1.82) is 0 Å². The Morgan fingerprint density at radius 3 is 3.00 bits per heavy atom. The molecule has 5 nitrogen and oxygen atoms in total. The number of nitrogens with two attached hydrogens (primary N) is 1. The molecule has 2 rings (SSSR count). The minimum Gasteiger partial charge on any atom is -0.393 e. The smallest absolute Gasteiger partial charge is 0.157 e. The first-order valence-corrected chi connectivity index (χ1v) is 5.74. The Labute approximate surface area is 99.0 Å². The topological polar surface area (TPSA) is 84.1 Å². The Morgan fingerprint density at radius 2 is 2.31 bits per heavy atom. The summed E-state index contributed by atoms with van der Waals surface area (Å²) in [6.07, 6.45) is 4.14. The molecule has 0 amide bonds. The molecule has 1 aromatic heterocycles. The Bertz CT molecular complexity index is 374. The van der Waals surface area contributed by atoms with Gasteiger partial charge in [-0.05, 0) is 12.8 Å². The van der Waals surface area contributed by atoms with Crippen molar-refractivity contribution in [3.63, 3.8) is 0 Å². The van der Waals surface area contributed by atoms with Crippen LogP contribution in [0.15, 0.2) is 6.33 Å². The summed E-state index contributed by atoms with van der Waals surface area (Å²) < 4.78 is 0. The molecule has 1 saturated carbocycles. The molecule has 6 heteroatoms. The number of aliphatic hydroxyl groups is 1. The zero-order valence-corrected chi connectivity index (χ0v) is 9.61. The van der Waals surface area contributed by atoms with E-state index in [0.717, 1.165) is 19.3 Å². The van der Waals surface area contributed by atoms with Gasteiger partial charge in [-0.3, -0.25) is 0 Å². The number of aromatic nitrogens is 2. The van der Waals surface area contributed by atoms with Crippen molar-refractivity contribution < 1.29 is 5.11 Å². The van der Waals surface area contributed by atoms with Crippen LogP contribution in [0.4, 0.5) is 11.5 Å². The van der Waals surface area contributed by atoms with Crippen LogP contribution < -0.4 is 11.1 Å². The summed E-state index contributed by atoms with van der Waals surface area (Å²) in [5.41, 5.74) is 6.08. The molecule has 88 valence electrons. The van der Waals surface area contributed by atoms with E-state index < -0.39 is 0 Å². The number of aliphatic hydroxyl groups excluding tert-OH is 1. The van der Waals surface area contributed by atoms with Gasteiger partial charge in [-0.25, -0.2) is 9.97 Å². The molecule has 1 fully saturated rings. The third kappa shape index (κ3) is 2.36. The van der Waals surface area contributed by atoms with Gasteiger partial charge >= 0.3 is 0 Å². The fraction of sp³-hybridized carbons (Fsp3) is 0.600. The molecule has 4 N–H and O–H groups in total. The van der Waals surface area contributed by atoms with Gasteiger partial charge in [0.1, 0.15) is 12.0 Å². The molecule has 1 aliphatic rings. The Hall–Kier alpha value is -1.07. The van der Waals surface area contributed by atoms with Gasteiger partial charge in [-0.15, -0.1) is 0 Å². The van der Waals surface area contributed by atoms with Crippen molar-refractivity contribution in [2.45, 2.75) is 25.4 Å². The van der Waals surface area contributed by atoms with Crippen molar-refractivity contribution in [2.24, 2.45) is 5.92 Å². The highest BCUT2D eigenvalue weighted by Gasteiger charge is 2.25. The monoisotopic (exact) mass is 242 g/mol. The van der Waals surface area contributed by atoms with Gasteiger partial charge in [0.15, 0.2) is 11.0 Å². The fourth-order valence-corrected chi connectivity index (χ4v) is 2.13. The lowest BCUT2D eigenvalue weighted by Crippen LogP contribution is -2.22. The van der Waals surface area contributed by atoms with Crippen LogP contribution in [0, 0.1) is 5.92 Å². The highest BCUT2D eigenvalue weighted by atomic mass is 35.5. The average Bonchev–Trinajstić information content (AvgIpc) is 2.67. The minimum absolute atomic E-state index is 0.217. The standard InChI is InChI=1S/C10H15ClN4O/c11-9-8(12)10(15-5-14-9)13-4-6-2-1-3-7(6)16/h5-7,16H,1-4,12H2,(H,13,14,15). The predicted octanol–water partition coefficient (Wildman–Crippen LogP) is 1.29. The summed E-state index contributed by atoms with van der Waals surface area (Å²) in [6, 6.07) is 0. The first-order chi connectivity index (χ1) is 7.68. The summed E-state index contributed by atoms with van der Waals surface area (Å²) in [5.74, 6) is 0.812. The molecule has 1 aromatic rings. The van der Waals surface area contributed by atoms with E-state index in [9.17, 15) is 5.11 Å². The van der Waals surface area contributed by atoms with E-state index in [-0.39, 0.29) is 17.2 Å². The number of halogens is 1. The maximum absolute atomic E-state index is 9.66. The first kappa shape index (κ1) is 11.4. The normalized spacial score (nSPS) is 24.6. The van der Waals surface area contributed by atoms with E-state index in [0.29, 0.717) is 18.1 Å². The van der Waals surface area contributed by atoms with Crippen LogP contribution in [0.3, 0.4) is 0 Å². The summed E-state index contributed by atoms with van der Waals surface area (Å²) in [5, 5.41) is 13.0. The number of nitrogen functional groups attached to an aromatic ring is 1. The second-order valence-electron chi connectivity index (χ2n) is 4.07. The first-order valence-electron chi connectivity index (χ1n) is 5.36. The Morgan fingerprint density at radius 1 is 1.50 bits per heavy atom. The summed E-state index contributed by atoms with van der Waals surface area (Å²) in [6.45, 7) is 0.665. The molecule has 1 aliphatic carbocycles. The number of rotatable bonds is 3. The lowest BCUT2D eigenvalue weighted by molar-refractivity contribution is 0.138. The Balaban J connectivity index is 1.96. The van der Waals surface area contributed by atoms with Crippen molar-refractivity contribution >= 4 is 23.1 Å². The molecule has 2 atom stereocenters. The number of hydrogen-bond acceptors (Lipinski definition) is 5. The summed E-state index contributed by atoms with van der Waals surface area (Å²) in [7, 11) is 0. The fourth-order valence-electron chi connectivity index (χ4n) is 2.00. The van der Waals surface area contributed by atoms with Crippen molar-refractivity contribution in [3.8, 4) is 0 Å². The highest BCUT2D eigenvalue weighted by Crippen LogP contribution is 2.27. The number of hydrogen-bond donors (Lipinski definition) is 3. The zero-order valence-electron chi connectivity index (χ0n) is 8.86. The third-order valence-corrected chi connectivity index (χ3v) is 3.29. The van der Waals surface area contributed by atoms with Gasteiger partial charge in [0.25, 0.3) is 0 Å². The van der Waals surface area contributed by atoms with Crippen molar-refractivity contribution in [1.82, 2.24) is 9.97 Å². The van der Waals surface area contributed by atoms with Crippen LogP contribution in [0.5, 0.6) is 0 Å². The molecular formula is C10H15ClN4O. The third-order valence-electron chi connectivity index (χ3n) is 2.99. The van der Waals surface area contributed by atoms with Gasteiger partial charge in [-0.2, -0.15) is 0 Å². The Kier molecular flexibility index (Phi) is 3.46. The molecule has 2 unspecified atom stereocenters. The van der Waals surface area contributed by atoms with Crippen LogP contribution in [0.1, 0.15) is 19.3 Å². The average molecular weight is 243 g/mol. The van der Waals surface area contributed by atoms with Crippen LogP contribution in [0.2, 0.25) is 5.15 Å². The quantitative estimate of drug-likeness (QED) is 0.696. The molecule has 0 spiro atoms. The second kappa shape index (κ2) is 4.84. The van der Waals surface area contributed by atoms with E-state index in [4.69, 9.17) is 17.3 Å². The van der Waals surface area contributed by atoms with Gasteiger partial charge in [0, 0.05) is 12.5 Å². The molecule has 1 heterocycles. The van der Waals surface area contributed by atoms with Gasteiger partial charge in [-0.1, -0.05) is 18.0 Å². The van der Waals surface area contributed by atoms with E-state index >= 15 is 0 Å². The molecule has 0 saturated heterocycles. The van der Waals surface area contributed by atoms with Gasteiger partial charge < -0.3 is 16.2 Å². The van der Waals surface area contributed by atoms with Crippen molar-refractivity contribution in [3.05, 3.63) is 11.5 Å². The van der Waals surface area contributed by atoms with E-state index in [2.05, 4.69) is 15.3 Å². The van der Waals surface area contributed by atoms with Gasteiger partial charge in [0.05, 0.1) is 6.10 Å². The number of nitrogens with one attached hydrogen (secondary N) is 1. The minimum atomic E-state index is -0.217. The summed E-state index contributed by atoms with van der Waals surface area (Å²) in [4.78, 5) is 7.79. The predicted molar refractivity (Wildman–Crippen MR) is 63.3 cm³/mol.